The summed E-state index contributed by atoms with van der Waals surface area (Å²) in [6.45, 7) is 2.08. The molecule has 0 radical (unpaired) electrons. The van der Waals surface area contributed by atoms with Gasteiger partial charge in [0.2, 0.25) is 0 Å². The first-order chi connectivity index (χ1) is 15.8. The molecule has 0 heterocycles. The number of aryl methyl sites for hydroxylation is 2. The van der Waals surface area contributed by atoms with Crippen molar-refractivity contribution in [3.8, 4) is 5.75 Å². The number of halogens is 6. The molecular formula is C24H26F6O3S. The molecule has 3 nitrogen and oxygen atoms in total. The van der Waals surface area contributed by atoms with Crippen molar-refractivity contribution >= 4 is 10.1 Å². The molecule has 0 aromatic heterocycles. The summed E-state index contributed by atoms with van der Waals surface area (Å²) >= 11 is 0. The lowest BCUT2D eigenvalue weighted by Gasteiger charge is -2.36. The van der Waals surface area contributed by atoms with Crippen LogP contribution < -0.4 is 4.18 Å². The van der Waals surface area contributed by atoms with Crippen LogP contribution in [0.1, 0.15) is 54.7 Å². The normalized spacial score (nSPS) is 23.0. The topological polar surface area (TPSA) is 43.4 Å². The molecule has 1 saturated carbocycles. The monoisotopic (exact) mass is 508 g/mol. The lowest BCUT2D eigenvalue weighted by atomic mass is 9.70. The Morgan fingerprint density at radius 1 is 0.912 bits per heavy atom. The molecule has 0 aliphatic heterocycles. The van der Waals surface area contributed by atoms with E-state index < -0.39 is 33.5 Å². The zero-order chi connectivity index (χ0) is 25.1. The number of hydrogen-bond acceptors (Lipinski definition) is 3. The fourth-order valence-electron chi connectivity index (χ4n) is 4.76. The van der Waals surface area contributed by atoms with Gasteiger partial charge in [0.25, 0.3) is 0 Å². The quantitative estimate of drug-likeness (QED) is 0.243. The van der Waals surface area contributed by atoms with Gasteiger partial charge in [0, 0.05) is 0 Å². The van der Waals surface area contributed by atoms with Crippen LogP contribution in [-0.2, 0) is 16.5 Å². The van der Waals surface area contributed by atoms with E-state index in [0.717, 1.165) is 11.6 Å². The summed E-state index contributed by atoms with van der Waals surface area (Å²) in [7, 11) is -5.76. The van der Waals surface area contributed by atoms with E-state index in [9.17, 15) is 34.8 Å². The molecule has 0 N–H and O–H groups in total. The second-order valence-corrected chi connectivity index (χ2v) is 10.3. The second-order valence-electron chi connectivity index (χ2n) is 8.81. The number of alkyl halides is 6. The average molecular weight is 509 g/mol. The third-order valence-electron chi connectivity index (χ3n) is 6.41. The molecule has 2 aromatic rings. The molecule has 10 heteroatoms. The molecule has 4 rings (SSSR count). The highest BCUT2D eigenvalue weighted by atomic mass is 32.2. The first kappa shape index (κ1) is 26.4. The molecule has 0 bridgehead atoms. The Bertz CT molecular complexity index is 1060. The van der Waals surface area contributed by atoms with Crippen molar-refractivity contribution in [2.45, 2.75) is 63.1 Å². The molecule has 0 spiro atoms. The van der Waals surface area contributed by atoms with Crippen LogP contribution in [0.15, 0.2) is 48.5 Å². The van der Waals surface area contributed by atoms with Crippen molar-refractivity contribution in [3.05, 3.63) is 65.2 Å². The van der Waals surface area contributed by atoms with E-state index in [1.54, 1.807) is 0 Å². The summed E-state index contributed by atoms with van der Waals surface area (Å²) in [6, 6.07) is 14.2. The van der Waals surface area contributed by atoms with Gasteiger partial charge in [-0.25, -0.2) is 0 Å². The van der Waals surface area contributed by atoms with Gasteiger partial charge in [0.15, 0.2) is 0 Å². The van der Waals surface area contributed by atoms with Crippen molar-refractivity contribution in [3.63, 3.8) is 0 Å². The summed E-state index contributed by atoms with van der Waals surface area (Å²) in [4.78, 5) is 0. The van der Waals surface area contributed by atoms with Gasteiger partial charge in [0.05, 0.1) is 5.92 Å². The van der Waals surface area contributed by atoms with Crippen molar-refractivity contribution < 1.29 is 38.9 Å². The van der Waals surface area contributed by atoms with Gasteiger partial charge in [-0.1, -0.05) is 42.0 Å². The lowest BCUT2D eigenvalue weighted by molar-refractivity contribution is -0.187. The first-order valence-corrected chi connectivity index (χ1v) is 12.4. The highest BCUT2D eigenvalue weighted by molar-refractivity contribution is 7.88. The van der Waals surface area contributed by atoms with Gasteiger partial charge >= 0.3 is 21.8 Å². The highest BCUT2D eigenvalue weighted by Gasteiger charge is 2.49. The third-order valence-corrected chi connectivity index (χ3v) is 7.39. The maximum absolute atomic E-state index is 13.0. The van der Waals surface area contributed by atoms with Gasteiger partial charge in [-0.15, -0.1) is 0 Å². The summed E-state index contributed by atoms with van der Waals surface area (Å²) in [6.07, 6.45) is -2.15. The first-order valence-electron chi connectivity index (χ1n) is 11.0. The van der Waals surface area contributed by atoms with Crippen LogP contribution in [0.5, 0.6) is 5.75 Å². The Morgan fingerprint density at radius 3 is 2.15 bits per heavy atom. The molecule has 2 aliphatic rings. The van der Waals surface area contributed by atoms with Crippen LogP contribution >= 0.6 is 0 Å². The molecule has 2 aromatic carbocycles. The Balaban J connectivity index is 0.000000396. The van der Waals surface area contributed by atoms with Crippen molar-refractivity contribution in [1.29, 1.82) is 0 Å². The largest absolute Gasteiger partial charge is 0.534 e. The maximum atomic E-state index is 13.0. The van der Waals surface area contributed by atoms with Crippen LogP contribution in [0.2, 0.25) is 0 Å². The number of rotatable bonds is 2. The highest BCUT2D eigenvalue weighted by Crippen LogP contribution is 2.50. The van der Waals surface area contributed by atoms with Crippen LogP contribution in [0, 0.1) is 18.8 Å². The standard InChI is InChI=1S/C17H18F6O3S.C7H8/c18-16(19,20)12-4-6-14-10(8-12)2-1-3-11-9-13(5-7-15(11)14)26-27(24,25)17(21,22)23;1-7-5-3-2-4-6-7/h5,7,9-10,12,14H,1-4,6,8H2;2-6H,1H3. The summed E-state index contributed by atoms with van der Waals surface area (Å²) < 4.78 is 103. The van der Waals surface area contributed by atoms with Crippen LogP contribution in [0.4, 0.5) is 26.3 Å². The summed E-state index contributed by atoms with van der Waals surface area (Å²) in [5.74, 6) is -2.00. The Kier molecular flexibility index (Phi) is 7.89. The van der Waals surface area contributed by atoms with Crippen LogP contribution in [-0.4, -0.2) is 20.1 Å². The molecule has 1 fully saturated rings. The minimum absolute atomic E-state index is 0.0187. The minimum atomic E-state index is -5.76. The van der Waals surface area contributed by atoms with E-state index in [1.165, 1.54) is 17.7 Å². The van der Waals surface area contributed by atoms with E-state index in [0.29, 0.717) is 31.2 Å². The number of benzene rings is 2. The molecule has 34 heavy (non-hydrogen) atoms. The number of fused-ring (bicyclic) bond motifs is 3. The van der Waals surface area contributed by atoms with E-state index in [1.807, 2.05) is 18.2 Å². The van der Waals surface area contributed by atoms with E-state index in [2.05, 4.69) is 23.2 Å². The zero-order valence-corrected chi connectivity index (χ0v) is 19.3. The molecule has 188 valence electrons. The summed E-state index contributed by atoms with van der Waals surface area (Å²) in [5, 5.41) is 0. The lowest BCUT2D eigenvalue weighted by Crippen LogP contribution is -2.32. The average Bonchev–Trinajstić information content (AvgIpc) is 2.91. The van der Waals surface area contributed by atoms with Crippen LogP contribution in [0.3, 0.4) is 0 Å². The SMILES string of the molecule is Cc1ccccc1.O=S(=O)(Oc1ccc2c(c1)CCCC1CC(C(F)(F)F)CCC21)C(F)(F)F. The molecule has 2 aliphatic carbocycles. The molecule has 0 saturated heterocycles. The molecular weight excluding hydrogens is 482 g/mol. The minimum Gasteiger partial charge on any atom is -0.376 e. The third kappa shape index (κ3) is 6.46. The van der Waals surface area contributed by atoms with E-state index >= 15 is 0 Å². The predicted octanol–water partition coefficient (Wildman–Crippen LogP) is 7.31. The van der Waals surface area contributed by atoms with Gasteiger partial charge in [-0.05, 0) is 80.5 Å². The Hall–Kier alpha value is -2.23. The number of hydrogen-bond donors (Lipinski definition) is 0. The predicted molar refractivity (Wildman–Crippen MR) is 116 cm³/mol. The molecule has 3 atom stereocenters. The van der Waals surface area contributed by atoms with E-state index in [-0.39, 0.29) is 24.7 Å². The van der Waals surface area contributed by atoms with Crippen molar-refractivity contribution in [2.75, 3.05) is 0 Å². The zero-order valence-electron chi connectivity index (χ0n) is 18.5. The smallest absolute Gasteiger partial charge is 0.376 e. The Labute approximate surface area is 195 Å². The van der Waals surface area contributed by atoms with Gasteiger partial charge in [-0.3, -0.25) is 0 Å². The van der Waals surface area contributed by atoms with Crippen LogP contribution in [0.25, 0.3) is 0 Å². The maximum Gasteiger partial charge on any atom is 0.534 e. The Morgan fingerprint density at radius 2 is 1.59 bits per heavy atom. The van der Waals surface area contributed by atoms with E-state index in [4.69, 9.17) is 0 Å². The molecule has 0 amide bonds. The van der Waals surface area contributed by atoms with Gasteiger partial charge in [0.1, 0.15) is 5.75 Å². The molecule has 3 unspecified atom stereocenters. The van der Waals surface area contributed by atoms with Gasteiger partial charge < -0.3 is 4.18 Å². The van der Waals surface area contributed by atoms with Crippen molar-refractivity contribution in [1.82, 2.24) is 0 Å². The summed E-state index contributed by atoms with van der Waals surface area (Å²) in [5.41, 5.74) is -2.78. The fraction of sp³-hybridized carbons (Fsp3) is 0.500. The van der Waals surface area contributed by atoms with Crippen molar-refractivity contribution in [2.24, 2.45) is 11.8 Å². The van der Waals surface area contributed by atoms with Gasteiger partial charge in [-0.2, -0.15) is 34.8 Å². The fourth-order valence-corrected chi connectivity index (χ4v) is 5.22. The second kappa shape index (κ2) is 10.2.